The van der Waals surface area contributed by atoms with E-state index < -0.39 is 0 Å². The SMILES string of the molecule is CNC(=O)C(C)CN(C)c1ncc(OC)cc1Br. The van der Waals surface area contributed by atoms with E-state index in [0.29, 0.717) is 12.3 Å². The summed E-state index contributed by atoms with van der Waals surface area (Å²) in [7, 11) is 5.14. The van der Waals surface area contributed by atoms with Crippen LogP contribution in [0.25, 0.3) is 0 Å². The second-order valence-corrected chi connectivity index (χ2v) is 4.93. The van der Waals surface area contributed by atoms with Crippen LogP contribution in [0.15, 0.2) is 16.7 Å². The summed E-state index contributed by atoms with van der Waals surface area (Å²) < 4.78 is 5.93. The number of methoxy groups -OCH3 is 1. The minimum atomic E-state index is -0.101. The number of nitrogens with one attached hydrogen (secondary N) is 1. The summed E-state index contributed by atoms with van der Waals surface area (Å²) in [5.74, 6) is 1.40. The first-order valence-electron chi connectivity index (χ1n) is 5.61. The molecule has 100 valence electrons. The van der Waals surface area contributed by atoms with Gasteiger partial charge in [-0.25, -0.2) is 4.98 Å². The topological polar surface area (TPSA) is 54.5 Å². The van der Waals surface area contributed by atoms with Crippen LogP contribution in [0.5, 0.6) is 5.75 Å². The second kappa shape index (κ2) is 6.58. The van der Waals surface area contributed by atoms with Crippen molar-refractivity contribution in [2.75, 3.05) is 32.6 Å². The zero-order chi connectivity index (χ0) is 13.7. The van der Waals surface area contributed by atoms with Crippen LogP contribution in [0, 0.1) is 5.92 Å². The molecule has 6 heteroatoms. The Morgan fingerprint density at radius 3 is 2.83 bits per heavy atom. The molecule has 0 aliphatic rings. The first kappa shape index (κ1) is 14.8. The fraction of sp³-hybridized carbons (Fsp3) is 0.500. The Hall–Kier alpha value is -1.30. The van der Waals surface area contributed by atoms with Gasteiger partial charge in [-0.2, -0.15) is 0 Å². The van der Waals surface area contributed by atoms with Crippen LogP contribution in [-0.4, -0.2) is 38.6 Å². The Balaban J connectivity index is 2.78. The van der Waals surface area contributed by atoms with E-state index in [0.717, 1.165) is 10.3 Å². The number of pyridine rings is 1. The summed E-state index contributed by atoms with van der Waals surface area (Å²) in [5.41, 5.74) is 0. The number of amides is 1. The minimum Gasteiger partial charge on any atom is -0.495 e. The molecule has 1 unspecified atom stereocenters. The summed E-state index contributed by atoms with van der Waals surface area (Å²) in [6.07, 6.45) is 1.65. The van der Waals surface area contributed by atoms with Gasteiger partial charge in [-0.15, -0.1) is 0 Å². The van der Waals surface area contributed by atoms with Crippen molar-refractivity contribution in [3.05, 3.63) is 16.7 Å². The number of rotatable bonds is 5. The minimum absolute atomic E-state index is 0.0199. The van der Waals surface area contributed by atoms with Gasteiger partial charge in [0.05, 0.1) is 23.7 Å². The normalized spacial score (nSPS) is 11.8. The van der Waals surface area contributed by atoms with Gasteiger partial charge >= 0.3 is 0 Å². The van der Waals surface area contributed by atoms with Crippen LogP contribution < -0.4 is 15.0 Å². The lowest BCUT2D eigenvalue weighted by Crippen LogP contribution is -2.34. The number of carbonyl (C=O) groups is 1. The van der Waals surface area contributed by atoms with Gasteiger partial charge in [0.25, 0.3) is 0 Å². The highest BCUT2D eigenvalue weighted by Gasteiger charge is 2.16. The monoisotopic (exact) mass is 315 g/mol. The first-order chi connectivity index (χ1) is 8.49. The van der Waals surface area contributed by atoms with Gasteiger partial charge in [0.1, 0.15) is 11.6 Å². The van der Waals surface area contributed by atoms with E-state index in [4.69, 9.17) is 4.74 Å². The van der Waals surface area contributed by atoms with Gasteiger partial charge in [0.15, 0.2) is 0 Å². The molecule has 1 rings (SSSR count). The predicted octanol–water partition coefficient (Wildman–Crippen LogP) is 1.67. The van der Waals surface area contributed by atoms with Crippen molar-refractivity contribution in [1.82, 2.24) is 10.3 Å². The van der Waals surface area contributed by atoms with Crippen molar-refractivity contribution < 1.29 is 9.53 Å². The molecule has 18 heavy (non-hydrogen) atoms. The number of anilines is 1. The molecule has 0 bridgehead atoms. The average Bonchev–Trinajstić information content (AvgIpc) is 2.37. The number of aromatic nitrogens is 1. The fourth-order valence-corrected chi connectivity index (χ4v) is 2.26. The smallest absolute Gasteiger partial charge is 0.224 e. The Kier molecular flexibility index (Phi) is 5.40. The van der Waals surface area contributed by atoms with Crippen molar-refractivity contribution in [1.29, 1.82) is 0 Å². The Morgan fingerprint density at radius 2 is 2.33 bits per heavy atom. The standard InChI is InChI=1S/C12H18BrN3O2/c1-8(12(17)14-2)7-16(3)11-10(13)5-9(18-4)6-15-11/h5-6,8H,7H2,1-4H3,(H,14,17). The zero-order valence-electron chi connectivity index (χ0n) is 11.0. The molecule has 0 aliphatic heterocycles. The molecule has 0 saturated carbocycles. The molecular weight excluding hydrogens is 298 g/mol. The molecule has 0 spiro atoms. The Labute approximate surface area is 116 Å². The predicted molar refractivity (Wildman–Crippen MR) is 75.0 cm³/mol. The molecule has 1 aromatic heterocycles. The molecule has 0 aliphatic carbocycles. The van der Waals surface area contributed by atoms with E-state index in [1.165, 1.54) is 0 Å². The molecule has 1 atom stereocenters. The number of hydrogen-bond acceptors (Lipinski definition) is 4. The van der Waals surface area contributed by atoms with Gasteiger partial charge in [-0.05, 0) is 22.0 Å². The molecule has 0 fully saturated rings. The van der Waals surface area contributed by atoms with Gasteiger partial charge in [-0.3, -0.25) is 4.79 Å². The number of hydrogen-bond donors (Lipinski definition) is 1. The summed E-state index contributed by atoms with van der Waals surface area (Å²) in [6, 6.07) is 1.85. The van der Waals surface area contributed by atoms with Crippen LogP contribution in [-0.2, 0) is 4.79 Å². The average molecular weight is 316 g/mol. The van der Waals surface area contributed by atoms with Crippen molar-refractivity contribution in [3.63, 3.8) is 0 Å². The molecule has 0 aromatic carbocycles. The van der Waals surface area contributed by atoms with Crippen molar-refractivity contribution in [2.24, 2.45) is 5.92 Å². The fourth-order valence-electron chi connectivity index (χ4n) is 1.63. The van der Waals surface area contributed by atoms with Gasteiger partial charge in [-0.1, -0.05) is 6.92 Å². The number of halogens is 1. The van der Waals surface area contributed by atoms with Crippen LogP contribution in [0.1, 0.15) is 6.92 Å². The molecule has 1 heterocycles. The van der Waals surface area contributed by atoms with Crippen LogP contribution in [0.3, 0.4) is 0 Å². The number of carbonyl (C=O) groups excluding carboxylic acids is 1. The number of nitrogens with zero attached hydrogens (tertiary/aromatic N) is 2. The second-order valence-electron chi connectivity index (χ2n) is 4.08. The highest BCUT2D eigenvalue weighted by atomic mass is 79.9. The zero-order valence-corrected chi connectivity index (χ0v) is 12.6. The summed E-state index contributed by atoms with van der Waals surface area (Å²) in [6.45, 7) is 2.48. The third-order valence-corrected chi connectivity index (χ3v) is 3.22. The maximum Gasteiger partial charge on any atom is 0.224 e. The van der Waals surface area contributed by atoms with Gasteiger partial charge in [0, 0.05) is 20.6 Å². The van der Waals surface area contributed by atoms with E-state index in [9.17, 15) is 4.79 Å². The molecule has 0 saturated heterocycles. The van der Waals surface area contributed by atoms with E-state index in [1.807, 2.05) is 24.9 Å². The quantitative estimate of drug-likeness (QED) is 0.898. The lowest BCUT2D eigenvalue weighted by Gasteiger charge is -2.22. The highest BCUT2D eigenvalue weighted by Crippen LogP contribution is 2.27. The molecule has 1 amide bonds. The van der Waals surface area contributed by atoms with E-state index in [-0.39, 0.29) is 11.8 Å². The lowest BCUT2D eigenvalue weighted by atomic mass is 10.1. The van der Waals surface area contributed by atoms with Crippen molar-refractivity contribution >= 4 is 27.7 Å². The molecule has 0 radical (unpaired) electrons. The van der Waals surface area contributed by atoms with Gasteiger partial charge < -0.3 is 15.0 Å². The van der Waals surface area contributed by atoms with Crippen molar-refractivity contribution in [2.45, 2.75) is 6.92 Å². The molecule has 1 N–H and O–H groups in total. The summed E-state index contributed by atoms with van der Waals surface area (Å²) in [4.78, 5) is 17.7. The maximum absolute atomic E-state index is 11.5. The highest BCUT2D eigenvalue weighted by molar-refractivity contribution is 9.10. The largest absolute Gasteiger partial charge is 0.495 e. The van der Waals surface area contributed by atoms with Crippen LogP contribution in [0.4, 0.5) is 5.82 Å². The Morgan fingerprint density at radius 1 is 1.67 bits per heavy atom. The van der Waals surface area contributed by atoms with E-state index in [2.05, 4.69) is 26.2 Å². The van der Waals surface area contributed by atoms with Crippen molar-refractivity contribution in [3.8, 4) is 5.75 Å². The molecule has 5 nitrogen and oxygen atoms in total. The first-order valence-corrected chi connectivity index (χ1v) is 6.41. The van der Waals surface area contributed by atoms with E-state index in [1.54, 1.807) is 20.4 Å². The number of ether oxygens (including phenoxy) is 1. The summed E-state index contributed by atoms with van der Waals surface area (Å²) in [5, 5.41) is 2.64. The lowest BCUT2D eigenvalue weighted by molar-refractivity contribution is -0.123. The molecule has 1 aromatic rings. The van der Waals surface area contributed by atoms with Crippen LogP contribution >= 0.6 is 15.9 Å². The van der Waals surface area contributed by atoms with E-state index >= 15 is 0 Å². The molecular formula is C12H18BrN3O2. The third-order valence-electron chi connectivity index (χ3n) is 2.64. The van der Waals surface area contributed by atoms with Crippen LogP contribution in [0.2, 0.25) is 0 Å². The van der Waals surface area contributed by atoms with Gasteiger partial charge in [0.2, 0.25) is 5.91 Å². The Bertz CT molecular complexity index is 426. The maximum atomic E-state index is 11.5. The third kappa shape index (κ3) is 3.60. The summed E-state index contributed by atoms with van der Waals surface area (Å²) >= 11 is 3.45.